The van der Waals surface area contributed by atoms with Crippen LogP contribution in [-0.2, 0) is 44.8 Å². The Morgan fingerprint density at radius 1 is 0.696 bits per heavy atom. The summed E-state index contributed by atoms with van der Waals surface area (Å²) in [6.45, 7) is 5.84. The van der Waals surface area contributed by atoms with Crippen molar-refractivity contribution in [3.8, 4) is 0 Å². The number of hydrogen-bond acceptors (Lipinski definition) is 9. The molecule has 17 heteroatoms. The topological polar surface area (TPSA) is 289 Å². The van der Waals surface area contributed by atoms with E-state index in [1.165, 1.54) is 13.8 Å². The zero-order chi connectivity index (χ0) is 35.1. The minimum Gasteiger partial charge on any atom is -0.481 e. The zero-order valence-electron chi connectivity index (χ0n) is 26.1. The molecule has 0 aliphatic carbocycles. The first-order valence-corrected chi connectivity index (χ1v) is 14.5. The van der Waals surface area contributed by atoms with Crippen LogP contribution in [-0.4, -0.2) is 93.8 Å². The average molecular weight is 650 g/mol. The molecule has 0 aliphatic heterocycles. The smallest absolute Gasteiger partial charge is 0.326 e. The Hall–Kier alpha value is -5.06. The molecular weight excluding hydrogens is 606 g/mol. The molecule has 0 aromatic heterocycles. The monoisotopic (exact) mass is 649 g/mol. The number of hydrogen-bond donors (Lipinski definition) is 9. The van der Waals surface area contributed by atoms with Gasteiger partial charge < -0.3 is 48.3 Å². The predicted octanol–water partition coefficient (Wildman–Crippen LogP) is -2.50. The van der Waals surface area contributed by atoms with Gasteiger partial charge in [0.15, 0.2) is 0 Å². The summed E-state index contributed by atoms with van der Waals surface area (Å²) in [5.74, 6) is -8.07. The molecule has 0 spiro atoms. The van der Waals surface area contributed by atoms with Crippen molar-refractivity contribution in [2.45, 2.75) is 89.6 Å². The first kappa shape index (κ1) is 39.0. The summed E-state index contributed by atoms with van der Waals surface area (Å²) in [5, 5.41) is 30.3. The normalized spacial score (nSPS) is 14.7. The van der Waals surface area contributed by atoms with E-state index in [9.17, 15) is 43.5 Å². The highest BCUT2D eigenvalue weighted by atomic mass is 16.4. The molecule has 0 saturated carbocycles. The number of carboxylic acid groups (broad SMARTS) is 2. The van der Waals surface area contributed by atoms with Crippen molar-refractivity contribution in [2.24, 2.45) is 17.4 Å². The van der Waals surface area contributed by atoms with E-state index in [0.29, 0.717) is 5.56 Å². The summed E-state index contributed by atoms with van der Waals surface area (Å²) in [4.78, 5) is 97.9. The Morgan fingerprint density at radius 2 is 1.20 bits per heavy atom. The molecule has 0 unspecified atom stereocenters. The van der Waals surface area contributed by atoms with E-state index < -0.39 is 96.0 Å². The number of carbonyl (C=O) groups is 8. The van der Waals surface area contributed by atoms with E-state index in [2.05, 4.69) is 26.6 Å². The van der Waals surface area contributed by atoms with Gasteiger partial charge >= 0.3 is 11.9 Å². The van der Waals surface area contributed by atoms with Crippen molar-refractivity contribution < 1.29 is 48.6 Å². The highest BCUT2D eigenvalue weighted by Gasteiger charge is 2.31. The van der Waals surface area contributed by atoms with E-state index in [-0.39, 0.29) is 19.3 Å². The predicted molar refractivity (Wildman–Crippen MR) is 162 cm³/mol. The highest BCUT2D eigenvalue weighted by molar-refractivity contribution is 5.96. The zero-order valence-corrected chi connectivity index (χ0v) is 26.1. The number of carboxylic acids is 2. The quantitative estimate of drug-likeness (QED) is 0.0755. The van der Waals surface area contributed by atoms with Gasteiger partial charge in [-0.25, -0.2) is 4.79 Å². The van der Waals surface area contributed by atoms with Crippen molar-refractivity contribution in [2.75, 3.05) is 0 Å². The Balaban J connectivity index is 2.95. The van der Waals surface area contributed by atoms with Crippen molar-refractivity contribution >= 4 is 47.4 Å². The van der Waals surface area contributed by atoms with Gasteiger partial charge in [0.2, 0.25) is 35.4 Å². The number of aliphatic carboxylic acids is 2. The highest BCUT2D eigenvalue weighted by Crippen LogP contribution is 2.07. The van der Waals surface area contributed by atoms with Gasteiger partial charge in [0.05, 0.1) is 12.5 Å². The number of benzene rings is 1. The largest absolute Gasteiger partial charge is 0.481 e. The second-order valence-corrected chi connectivity index (χ2v) is 11.1. The van der Waals surface area contributed by atoms with Crippen molar-refractivity contribution in [3.63, 3.8) is 0 Å². The van der Waals surface area contributed by atoms with Crippen molar-refractivity contribution in [1.82, 2.24) is 26.6 Å². The molecule has 0 fully saturated rings. The molecule has 1 rings (SSSR count). The SMILES string of the molecule is CC(C)[C@H](NC(=O)[C@H](Cc1ccccc1)NC(=O)[C@H](C)NC(=O)[C@H](C)NC(=O)[C@H](CCC(N)=O)NC(=O)[C@@H](N)CC(=O)O)C(=O)O. The number of carbonyl (C=O) groups excluding carboxylic acids is 6. The van der Waals surface area contributed by atoms with E-state index >= 15 is 0 Å². The summed E-state index contributed by atoms with van der Waals surface area (Å²) in [5.41, 5.74) is 11.3. The fourth-order valence-electron chi connectivity index (χ4n) is 4.02. The maximum absolute atomic E-state index is 13.1. The molecule has 0 radical (unpaired) electrons. The summed E-state index contributed by atoms with van der Waals surface area (Å²) in [7, 11) is 0. The van der Waals surface area contributed by atoms with Gasteiger partial charge in [0, 0.05) is 12.8 Å². The number of nitrogens with two attached hydrogens (primary N) is 2. The molecular formula is C29H43N7O10. The lowest BCUT2D eigenvalue weighted by atomic mass is 10.0. The third-order valence-corrected chi connectivity index (χ3v) is 6.69. The third-order valence-electron chi connectivity index (χ3n) is 6.69. The van der Waals surface area contributed by atoms with Crippen molar-refractivity contribution in [1.29, 1.82) is 0 Å². The lowest BCUT2D eigenvalue weighted by Gasteiger charge is -2.25. The van der Waals surface area contributed by atoms with Gasteiger partial charge in [-0.05, 0) is 31.7 Å². The second kappa shape index (κ2) is 18.7. The molecule has 6 atom stereocenters. The van der Waals surface area contributed by atoms with Crippen LogP contribution in [0.15, 0.2) is 30.3 Å². The molecule has 46 heavy (non-hydrogen) atoms. The molecule has 17 nitrogen and oxygen atoms in total. The number of nitrogens with one attached hydrogen (secondary N) is 5. The van der Waals surface area contributed by atoms with Gasteiger partial charge in [-0.1, -0.05) is 44.2 Å². The Morgan fingerprint density at radius 3 is 1.70 bits per heavy atom. The van der Waals surface area contributed by atoms with Crippen LogP contribution in [0.4, 0.5) is 0 Å². The van der Waals surface area contributed by atoms with Crippen LogP contribution in [0.1, 0.15) is 52.5 Å². The summed E-state index contributed by atoms with van der Waals surface area (Å²) >= 11 is 0. The molecule has 11 N–H and O–H groups in total. The second-order valence-electron chi connectivity index (χ2n) is 11.1. The summed E-state index contributed by atoms with van der Waals surface area (Å²) in [6, 6.07) is 0.866. The summed E-state index contributed by atoms with van der Waals surface area (Å²) < 4.78 is 0. The molecule has 1 aromatic carbocycles. The first-order chi connectivity index (χ1) is 21.4. The van der Waals surface area contributed by atoms with Gasteiger partial charge in [-0.3, -0.25) is 33.6 Å². The standard InChI is InChI=1S/C29H43N7O10/c1-14(2)23(29(45)46)36-28(44)20(12-17-8-6-5-7-9-17)35-25(41)16(4)32-24(40)15(3)33-27(43)19(10-11-21(31)37)34-26(42)18(30)13-22(38)39/h5-9,14-16,18-20,23H,10-13,30H2,1-4H3,(H2,31,37)(H,32,40)(H,33,43)(H,34,42)(H,35,41)(H,36,44)(H,38,39)(H,45,46)/t15-,16-,18-,19-,20-,23-/m0/s1. The number of rotatable bonds is 19. The molecule has 0 heterocycles. The number of primary amides is 1. The molecule has 6 amide bonds. The van der Waals surface area contributed by atoms with Gasteiger partial charge in [-0.2, -0.15) is 0 Å². The molecule has 254 valence electrons. The van der Waals surface area contributed by atoms with E-state index in [4.69, 9.17) is 16.6 Å². The minimum atomic E-state index is -1.49. The van der Waals surface area contributed by atoms with Crippen molar-refractivity contribution in [3.05, 3.63) is 35.9 Å². The molecule has 0 bridgehead atoms. The average Bonchev–Trinajstić information content (AvgIpc) is 2.96. The van der Waals surface area contributed by atoms with Gasteiger partial charge in [0.1, 0.15) is 30.2 Å². The molecule has 1 aromatic rings. The van der Waals surface area contributed by atoms with Crippen LogP contribution < -0.4 is 38.1 Å². The Bertz CT molecular complexity index is 1270. The maximum Gasteiger partial charge on any atom is 0.326 e. The van der Waals surface area contributed by atoms with Crippen LogP contribution in [0.5, 0.6) is 0 Å². The fraction of sp³-hybridized carbons (Fsp3) is 0.517. The third kappa shape index (κ3) is 13.7. The van der Waals surface area contributed by atoms with Crippen LogP contribution in [0.25, 0.3) is 0 Å². The fourth-order valence-corrected chi connectivity index (χ4v) is 4.02. The summed E-state index contributed by atoms with van der Waals surface area (Å²) in [6.07, 6.45) is -1.30. The molecule has 0 aliphatic rings. The van der Waals surface area contributed by atoms with Crippen LogP contribution in [0, 0.1) is 5.92 Å². The van der Waals surface area contributed by atoms with Crippen LogP contribution >= 0.6 is 0 Å². The Labute approximate surface area is 265 Å². The minimum absolute atomic E-state index is 0.0184. The lowest BCUT2D eigenvalue weighted by Crippen LogP contribution is -2.58. The lowest BCUT2D eigenvalue weighted by molar-refractivity contribution is -0.143. The Kier molecular flexibility index (Phi) is 15.8. The van der Waals surface area contributed by atoms with E-state index in [1.807, 2.05) is 0 Å². The number of amides is 6. The molecule has 0 saturated heterocycles. The first-order valence-electron chi connectivity index (χ1n) is 14.5. The van der Waals surface area contributed by atoms with Gasteiger partial charge in [0.25, 0.3) is 0 Å². The van der Waals surface area contributed by atoms with Crippen LogP contribution in [0.2, 0.25) is 0 Å². The van der Waals surface area contributed by atoms with Gasteiger partial charge in [-0.15, -0.1) is 0 Å². The van der Waals surface area contributed by atoms with E-state index in [1.54, 1.807) is 44.2 Å². The maximum atomic E-state index is 13.1. The van der Waals surface area contributed by atoms with Crippen LogP contribution in [0.3, 0.4) is 0 Å². The van der Waals surface area contributed by atoms with E-state index in [0.717, 1.165) is 0 Å².